The van der Waals surface area contributed by atoms with Crippen molar-refractivity contribution in [3.05, 3.63) is 48.3 Å². The predicted octanol–water partition coefficient (Wildman–Crippen LogP) is 1.72. The summed E-state index contributed by atoms with van der Waals surface area (Å²) < 4.78 is 10.9. The zero-order valence-corrected chi connectivity index (χ0v) is 15.8. The van der Waals surface area contributed by atoms with Gasteiger partial charge in [-0.05, 0) is 37.8 Å². The fourth-order valence-electron chi connectivity index (χ4n) is 3.11. The maximum absolute atomic E-state index is 12.1. The summed E-state index contributed by atoms with van der Waals surface area (Å²) in [6, 6.07) is 8.91. The van der Waals surface area contributed by atoms with Crippen LogP contribution in [0.3, 0.4) is 0 Å². The first-order valence-electron chi connectivity index (χ1n) is 9.29. The minimum absolute atomic E-state index is 0.0346. The molecule has 0 bridgehead atoms. The van der Waals surface area contributed by atoms with Gasteiger partial charge in [0.2, 0.25) is 17.7 Å². The monoisotopic (exact) mass is 384 g/mol. The maximum Gasteiger partial charge on any atom is 0.251 e. The molecule has 8 heteroatoms. The van der Waals surface area contributed by atoms with Crippen molar-refractivity contribution in [2.24, 2.45) is 0 Å². The minimum atomic E-state index is -0.257. The van der Waals surface area contributed by atoms with Crippen molar-refractivity contribution in [1.82, 2.24) is 20.6 Å². The molecule has 0 spiro atoms. The van der Waals surface area contributed by atoms with Crippen LogP contribution in [0.5, 0.6) is 11.8 Å². The zero-order valence-electron chi connectivity index (χ0n) is 15.8. The molecule has 8 nitrogen and oxygen atoms in total. The SMILES string of the molecule is COc1cncc(OC2CCC(NC(=O)CNC(=O)c3ccccc3)CC2)n1. The molecule has 2 amide bonds. The van der Waals surface area contributed by atoms with E-state index in [4.69, 9.17) is 9.47 Å². The van der Waals surface area contributed by atoms with E-state index in [1.165, 1.54) is 13.3 Å². The van der Waals surface area contributed by atoms with Gasteiger partial charge in [-0.25, -0.2) is 0 Å². The van der Waals surface area contributed by atoms with Gasteiger partial charge in [-0.15, -0.1) is 0 Å². The molecule has 1 aromatic carbocycles. The van der Waals surface area contributed by atoms with Crippen LogP contribution in [-0.4, -0.2) is 47.6 Å². The van der Waals surface area contributed by atoms with Crippen LogP contribution in [0.1, 0.15) is 36.0 Å². The van der Waals surface area contributed by atoms with Gasteiger partial charge >= 0.3 is 0 Å². The van der Waals surface area contributed by atoms with Gasteiger partial charge in [-0.1, -0.05) is 18.2 Å². The molecular weight excluding hydrogens is 360 g/mol. The number of rotatable bonds is 7. The number of methoxy groups -OCH3 is 1. The predicted molar refractivity (Wildman–Crippen MR) is 102 cm³/mol. The first kappa shape index (κ1) is 19.6. The highest BCUT2D eigenvalue weighted by atomic mass is 16.5. The highest BCUT2D eigenvalue weighted by molar-refractivity contribution is 5.96. The maximum atomic E-state index is 12.1. The molecule has 0 unspecified atom stereocenters. The number of carbonyl (C=O) groups is 2. The second kappa shape index (κ2) is 9.68. The highest BCUT2D eigenvalue weighted by Crippen LogP contribution is 2.23. The number of benzene rings is 1. The molecule has 0 atom stereocenters. The summed E-state index contributed by atoms with van der Waals surface area (Å²) in [7, 11) is 1.53. The van der Waals surface area contributed by atoms with Gasteiger partial charge in [0.1, 0.15) is 6.10 Å². The van der Waals surface area contributed by atoms with Crippen LogP contribution >= 0.6 is 0 Å². The van der Waals surface area contributed by atoms with E-state index in [-0.39, 0.29) is 30.5 Å². The number of carbonyl (C=O) groups excluding carboxylic acids is 2. The molecule has 1 aromatic heterocycles. The van der Waals surface area contributed by atoms with Crippen molar-refractivity contribution in [3.8, 4) is 11.8 Å². The van der Waals surface area contributed by atoms with E-state index in [0.29, 0.717) is 17.3 Å². The largest absolute Gasteiger partial charge is 0.480 e. The van der Waals surface area contributed by atoms with Crippen molar-refractivity contribution in [2.75, 3.05) is 13.7 Å². The van der Waals surface area contributed by atoms with E-state index in [1.807, 2.05) is 6.07 Å². The molecule has 3 rings (SSSR count). The van der Waals surface area contributed by atoms with E-state index < -0.39 is 0 Å². The third-order valence-corrected chi connectivity index (χ3v) is 4.57. The average Bonchev–Trinajstić information content (AvgIpc) is 2.74. The molecule has 0 radical (unpaired) electrons. The van der Waals surface area contributed by atoms with Gasteiger partial charge in [0.25, 0.3) is 5.91 Å². The third kappa shape index (κ3) is 5.67. The lowest BCUT2D eigenvalue weighted by molar-refractivity contribution is -0.121. The Hall–Kier alpha value is -3.16. The van der Waals surface area contributed by atoms with Crippen LogP contribution in [0.4, 0.5) is 0 Å². The molecule has 1 aliphatic carbocycles. The summed E-state index contributed by atoms with van der Waals surface area (Å²) in [5.74, 6) is 0.408. The topological polar surface area (TPSA) is 102 Å². The molecular formula is C20H24N4O4. The lowest BCUT2D eigenvalue weighted by Gasteiger charge is -2.29. The lowest BCUT2D eigenvalue weighted by atomic mass is 9.93. The van der Waals surface area contributed by atoms with Gasteiger partial charge in [0.05, 0.1) is 26.0 Å². The van der Waals surface area contributed by atoms with Gasteiger partial charge in [0, 0.05) is 11.6 Å². The Morgan fingerprint density at radius 2 is 1.79 bits per heavy atom. The van der Waals surface area contributed by atoms with Crippen LogP contribution in [0.25, 0.3) is 0 Å². The Labute approximate surface area is 163 Å². The molecule has 28 heavy (non-hydrogen) atoms. The van der Waals surface area contributed by atoms with Crippen molar-refractivity contribution >= 4 is 11.8 Å². The summed E-state index contributed by atoms with van der Waals surface area (Å²) >= 11 is 0. The summed E-state index contributed by atoms with van der Waals surface area (Å²) in [4.78, 5) is 32.3. The summed E-state index contributed by atoms with van der Waals surface area (Å²) in [6.45, 7) is -0.0381. The molecule has 148 valence electrons. The van der Waals surface area contributed by atoms with E-state index >= 15 is 0 Å². The fraction of sp³-hybridized carbons (Fsp3) is 0.400. The summed E-state index contributed by atoms with van der Waals surface area (Å²) in [5, 5.41) is 5.61. The van der Waals surface area contributed by atoms with E-state index in [2.05, 4.69) is 20.6 Å². The molecule has 1 aliphatic rings. The van der Waals surface area contributed by atoms with Crippen LogP contribution in [0, 0.1) is 0 Å². The van der Waals surface area contributed by atoms with E-state index in [0.717, 1.165) is 25.7 Å². The molecule has 0 aliphatic heterocycles. The highest BCUT2D eigenvalue weighted by Gasteiger charge is 2.24. The first-order chi connectivity index (χ1) is 13.6. The number of nitrogens with zero attached hydrogens (tertiary/aromatic N) is 2. The van der Waals surface area contributed by atoms with Crippen LogP contribution in [-0.2, 0) is 4.79 Å². The van der Waals surface area contributed by atoms with Crippen molar-refractivity contribution < 1.29 is 19.1 Å². The number of ether oxygens (including phenoxy) is 2. The summed E-state index contributed by atoms with van der Waals surface area (Å²) in [5.41, 5.74) is 0.536. The number of nitrogens with one attached hydrogen (secondary N) is 2. The van der Waals surface area contributed by atoms with E-state index in [9.17, 15) is 9.59 Å². The molecule has 1 saturated carbocycles. The quantitative estimate of drug-likeness (QED) is 0.754. The Kier molecular flexibility index (Phi) is 6.78. The number of amides is 2. The zero-order chi connectivity index (χ0) is 19.8. The Morgan fingerprint density at radius 1 is 1.07 bits per heavy atom. The number of hydrogen-bond donors (Lipinski definition) is 2. The molecule has 0 saturated heterocycles. The Balaban J connectivity index is 1.37. The van der Waals surface area contributed by atoms with Crippen LogP contribution < -0.4 is 20.1 Å². The Morgan fingerprint density at radius 3 is 2.50 bits per heavy atom. The average molecular weight is 384 g/mol. The van der Waals surface area contributed by atoms with Crippen LogP contribution in [0.2, 0.25) is 0 Å². The van der Waals surface area contributed by atoms with Gasteiger partial charge in [-0.3, -0.25) is 14.6 Å². The fourth-order valence-corrected chi connectivity index (χ4v) is 3.11. The molecule has 2 N–H and O–H groups in total. The van der Waals surface area contributed by atoms with Crippen molar-refractivity contribution in [2.45, 2.75) is 37.8 Å². The number of aromatic nitrogens is 2. The number of hydrogen-bond acceptors (Lipinski definition) is 6. The molecule has 1 fully saturated rings. The normalized spacial score (nSPS) is 18.8. The van der Waals surface area contributed by atoms with Gasteiger partial charge in [-0.2, -0.15) is 4.98 Å². The lowest BCUT2D eigenvalue weighted by Crippen LogP contribution is -2.44. The summed E-state index contributed by atoms with van der Waals surface area (Å²) in [6.07, 6.45) is 6.34. The van der Waals surface area contributed by atoms with E-state index in [1.54, 1.807) is 30.5 Å². The van der Waals surface area contributed by atoms with Gasteiger partial charge in [0.15, 0.2) is 0 Å². The Bertz CT molecular complexity index is 792. The third-order valence-electron chi connectivity index (χ3n) is 4.57. The molecule has 2 aromatic rings. The first-order valence-corrected chi connectivity index (χ1v) is 9.29. The van der Waals surface area contributed by atoms with Crippen molar-refractivity contribution in [3.63, 3.8) is 0 Å². The smallest absolute Gasteiger partial charge is 0.251 e. The molecule has 1 heterocycles. The second-order valence-corrected chi connectivity index (χ2v) is 6.61. The minimum Gasteiger partial charge on any atom is -0.480 e. The van der Waals surface area contributed by atoms with Crippen LogP contribution in [0.15, 0.2) is 42.7 Å². The second-order valence-electron chi connectivity index (χ2n) is 6.61. The van der Waals surface area contributed by atoms with Gasteiger partial charge < -0.3 is 20.1 Å². The van der Waals surface area contributed by atoms with Crippen molar-refractivity contribution in [1.29, 1.82) is 0 Å². The standard InChI is InChI=1S/C20H24N4O4/c1-27-18-12-21-13-19(24-18)28-16-9-7-15(8-10-16)23-17(25)11-22-20(26)14-5-3-2-4-6-14/h2-6,12-13,15-16H,7-11H2,1H3,(H,22,26)(H,23,25).